The van der Waals surface area contributed by atoms with E-state index in [0.717, 1.165) is 0 Å². The molecular weight excluding hydrogens is 337 g/mol. The zero-order valence-electron chi connectivity index (χ0n) is 12.6. The Bertz CT molecular complexity index is 719. The van der Waals surface area contributed by atoms with Gasteiger partial charge in [-0.3, -0.25) is 4.79 Å². The molecule has 0 aliphatic rings. The van der Waals surface area contributed by atoms with Crippen LogP contribution in [0.5, 0.6) is 0 Å². The highest BCUT2D eigenvalue weighted by Crippen LogP contribution is 2.22. The minimum absolute atomic E-state index is 0.126. The first-order chi connectivity index (χ1) is 10.9. The average molecular weight is 352 g/mol. The van der Waals surface area contributed by atoms with Gasteiger partial charge in [0, 0.05) is 17.8 Å². The molecule has 2 aromatic carbocycles. The summed E-state index contributed by atoms with van der Waals surface area (Å²) in [6.07, 6.45) is -0.956. The number of anilines is 1. The first kappa shape index (κ1) is 17.3. The second kappa shape index (κ2) is 7.49. The van der Waals surface area contributed by atoms with Crippen molar-refractivity contribution >= 4 is 40.8 Å². The van der Waals surface area contributed by atoms with E-state index >= 15 is 0 Å². The number of nitrogens with zero attached hydrogens (tertiary/aromatic N) is 1. The number of benzene rings is 2. The summed E-state index contributed by atoms with van der Waals surface area (Å²) in [6.45, 7) is 1.51. The number of carbonyl (C=O) groups excluding carboxylic acids is 2. The molecule has 0 N–H and O–H groups in total. The van der Waals surface area contributed by atoms with E-state index in [9.17, 15) is 9.59 Å². The van der Waals surface area contributed by atoms with Gasteiger partial charge < -0.3 is 9.64 Å². The van der Waals surface area contributed by atoms with Crippen LogP contribution in [0.4, 0.5) is 5.69 Å². The van der Waals surface area contributed by atoms with Crippen LogP contribution in [-0.2, 0) is 9.53 Å². The lowest BCUT2D eigenvalue weighted by Gasteiger charge is -2.21. The molecule has 0 aromatic heterocycles. The average Bonchev–Trinajstić information content (AvgIpc) is 2.56. The number of esters is 1. The van der Waals surface area contributed by atoms with Crippen molar-refractivity contribution in [3.63, 3.8) is 0 Å². The molecule has 4 nitrogen and oxygen atoms in total. The summed E-state index contributed by atoms with van der Waals surface area (Å²) < 4.78 is 5.20. The number of carbonyl (C=O) groups is 2. The molecule has 2 rings (SSSR count). The maximum atomic E-state index is 12.4. The maximum absolute atomic E-state index is 12.4. The number of halogens is 2. The molecule has 0 heterocycles. The standard InChI is InChI=1S/C17H15Cl2NO3/c1-11(16(21)20(2)13-6-4-3-5-7-13)23-17(22)14-10-12(18)8-9-15(14)19/h3-11H,1-2H3. The molecule has 2 aromatic rings. The number of para-hydroxylation sites is 1. The molecule has 6 heteroatoms. The normalized spacial score (nSPS) is 11.7. The van der Waals surface area contributed by atoms with E-state index in [1.54, 1.807) is 25.2 Å². The first-order valence-electron chi connectivity index (χ1n) is 6.89. The molecule has 120 valence electrons. The van der Waals surface area contributed by atoms with Gasteiger partial charge in [0.25, 0.3) is 5.91 Å². The molecule has 23 heavy (non-hydrogen) atoms. The van der Waals surface area contributed by atoms with Gasteiger partial charge in [-0.25, -0.2) is 4.79 Å². The Kier molecular flexibility index (Phi) is 5.64. The van der Waals surface area contributed by atoms with Gasteiger partial charge in [-0.15, -0.1) is 0 Å². The largest absolute Gasteiger partial charge is 0.449 e. The molecule has 0 bridgehead atoms. The van der Waals surface area contributed by atoms with E-state index in [1.807, 2.05) is 18.2 Å². The lowest BCUT2D eigenvalue weighted by Crippen LogP contribution is -2.37. The Morgan fingerprint density at radius 3 is 2.39 bits per heavy atom. The Morgan fingerprint density at radius 1 is 1.09 bits per heavy atom. The predicted molar refractivity (Wildman–Crippen MR) is 91.2 cm³/mol. The highest BCUT2D eigenvalue weighted by molar-refractivity contribution is 6.35. The van der Waals surface area contributed by atoms with Crippen molar-refractivity contribution in [1.29, 1.82) is 0 Å². The highest BCUT2D eigenvalue weighted by atomic mass is 35.5. The Balaban J connectivity index is 2.09. The predicted octanol–water partition coefficient (Wildman–Crippen LogP) is 4.20. The molecule has 0 spiro atoms. The molecule has 1 unspecified atom stereocenters. The van der Waals surface area contributed by atoms with Crippen LogP contribution in [0.25, 0.3) is 0 Å². The van der Waals surface area contributed by atoms with Crippen LogP contribution in [-0.4, -0.2) is 25.0 Å². The SMILES string of the molecule is CC(OC(=O)c1cc(Cl)ccc1Cl)C(=O)N(C)c1ccccc1. The third-order valence-electron chi connectivity index (χ3n) is 3.25. The molecule has 0 saturated heterocycles. The Morgan fingerprint density at radius 2 is 1.74 bits per heavy atom. The number of hydrogen-bond acceptors (Lipinski definition) is 3. The quantitative estimate of drug-likeness (QED) is 0.775. The zero-order valence-corrected chi connectivity index (χ0v) is 14.1. The van der Waals surface area contributed by atoms with Crippen molar-refractivity contribution in [1.82, 2.24) is 0 Å². The van der Waals surface area contributed by atoms with Crippen LogP contribution in [0.15, 0.2) is 48.5 Å². The molecular formula is C17H15Cl2NO3. The number of hydrogen-bond donors (Lipinski definition) is 0. The summed E-state index contributed by atoms with van der Waals surface area (Å²) in [7, 11) is 1.62. The number of amides is 1. The van der Waals surface area contributed by atoms with Crippen LogP contribution in [0.1, 0.15) is 17.3 Å². The van der Waals surface area contributed by atoms with Crippen LogP contribution in [0, 0.1) is 0 Å². The number of rotatable bonds is 4. The smallest absolute Gasteiger partial charge is 0.340 e. The molecule has 1 amide bonds. The second-order valence-electron chi connectivity index (χ2n) is 4.90. The van der Waals surface area contributed by atoms with Crippen molar-refractivity contribution < 1.29 is 14.3 Å². The van der Waals surface area contributed by atoms with Gasteiger partial charge in [-0.05, 0) is 37.3 Å². The lowest BCUT2D eigenvalue weighted by molar-refractivity contribution is -0.126. The fourth-order valence-electron chi connectivity index (χ4n) is 1.98. The van der Waals surface area contributed by atoms with E-state index in [-0.39, 0.29) is 16.5 Å². The van der Waals surface area contributed by atoms with Crippen LogP contribution in [0.3, 0.4) is 0 Å². The Labute approximate surface area is 144 Å². The van der Waals surface area contributed by atoms with Crippen LogP contribution in [0.2, 0.25) is 10.0 Å². The summed E-state index contributed by atoms with van der Waals surface area (Å²) in [6, 6.07) is 13.6. The van der Waals surface area contributed by atoms with Gasteiger partial charge >= 0.3 is 5.97 Å². The summed E-state index contributed by atoms with van der Waals surface area (Å²) >= 11 is 11.8. The number of likely N-dealkylation sites (N-methyl/N-ethyl adjacent to an activating group) is 1. The van der Waals surface area contributed by atoms with Crippen molar-refractivity contribution in [2.24, 2.45) is 0 Å². The van der Waals surface area contributed by atoms with Gasteiger partial charge in [-0.2, -0.15) is 0 Å². The summed E-state index contributed by atoms with van der Waals surface area (Å²) in [4.78, 5) is 25.9. The zero-order chi connectivity index (χ0) is 17.0. The van der Waals surface area contributed by atoms with E-state index in [4.69, 9.17) is 27.9 Å². The molecule has 0 saturated carbocycles. The van der Waals surface area contributed by atoms with Gasteiger partial charge in [-0.1, -0.05) is 41.4 Å². The van der Waals surface area contributed by atoms with Crippen molar-refractivity contribution in [2.45, 2.75) is 13.0 Å². The minimum atomic E-state index is -0.956. The summed E-state index contributed by atoms with van der Waals surface area (Å²) in [5, 5.41) is 0.581. The Hall–Kier alpha value is -2.04. The molecule has 0 fully saturated rings. The van der Waals surface area contributed by atoms with Gasteiger partial charge in [0.05, 0.1) is 10.6 Å². The maximum Gasteiger partial charge on any atom is 0.340 e. The monoisotopic (exact) mass is 351 g/mol. The molecule has 0 radical (unpaired) electrons. The van der Waals surface area contributed by atoms with Gasteiger partial charge in [0.2, 0.25) is 0 Å². The van der Waals surface area contributed by atoms with Crippen molar-refractivity contribution in [3.8, 4) is 0 Å². The second-order valence-corrected chi connectivity index (χ2v) is 5.75. The van der Waals surface area contributed by atoms with Gasteiger partial charge in [0.1, 0.15) is 0 Å². The summed E-state index contributed by atoms with van der Waals surface area (Å²) in [5.74, 6) is -1.04. The minimum Gasteiger partial charge on any atom is -0.449 e. The fraction of sp³-hybridized carbons (Fsp3) is 0.176. The van der Waals surface area contributed by atoms with Crippen LogP contribution < -0.4 is 4.90 Å². The van der Waals surface area contributed by atoms with Crippen LogP contribution >= 0.6 is 23.2 Å². The topological polar surface area (TPSA) is 46.6 Å². The van der Waals surface area contributed by atoms with E-state index in [2.05, 4.69) is 0 Å². The molecule has 1 atom stereocenters. The van der Waals surface area contributed by atoms with Crippen molar-refractivity contribution in [3.05, 3.63) is 64.1 Å². The fourth-order valence-corrected chi connectivity index (χ4v) is 2.35. The lowest BCUT2D eigenvalue weighted by atomic mass is 10.2. The third kappa shape index (κ3) is 4.24. The van der Waals surface area contributed by atoms with Gasteiger partial charge in [0.15, 0.2) is 6.10 Å². The molecule has 0 aliphatic heterocycles. The van der Waals surface area contributed by atoms with E-state index < -0.39 is 12.1 Å². The van der Waals surface area contributed by atoms with Crippen molar-refractivity contribution in [2.75, 3.05) is 11.9 Å². The first-order valence-corrected chi connectivity index (χ1v) is 7.64. The van der Waals surface area contributed by atoms with E-state index in [0.29, 0.717) is 10.7 Å². The summed E-state index contributed by atoms with van der Waals surface area (Å²) in [5.41, 5.74) is 0.836. The molecule has 0 aliphatic carbocycles. The third-order valence-corrected chi connectivity index (χ3v) is 3.82. The highest BCUT2D eigenvalue weighted by Gasteiger charge is 2.24. The van der Waals surface area contributed by atoms with E-state index in [1.165, 1.54) is 24.0 Å². The number of ether oxygens (including phenoxy) is 1.